The number of piperidine rings is 1. The maximum atomic E-state index is 12.2. The van der Waals surface area contributed by atoms with E-state index in [1.165, 1.54) is 19.3 Å². The number of hydrogen-bond donors (Lipinski definition) is 0. The number of fused-ring (bicyclic) bond motifs is 2. The third-order valence-electron chi connectivity index (χ3n) is 4.63. The van der Waals surface area contributed by atoms with Gasteiger partial charge in [-0.15, -0.1) is 11.3 Å². The number of aromatic nitrogens is 1. The van der Waals surface area contributed by atoms with Crippen LogP contribution in [0.4, 0.5) is 5.13 Å². The molecule has 4 rings (SSSR count). The lowest BCUT2D eigenvalue weighted by Gasteiger charge is -2.26. The lowest BCUT2D eigenvalue weighted by Crippen LogP contribution is -2.31. The van der Waals surface area contributed by atoms with Crippen LogP contribution in [0.15, 0.2) is 35.7 Å². The van der Waals surface area contributed by atoms with Gasteiger partial charge in [-0.2, -0.15) is 0 Å². The van der Waals surface area contributed by atoms with E-state index < -0.39 is 0 Å². The first-order valence-electron chi connectivity index (χ1n) is 7.59. The van der Waals surface area contributed by atoms with Gasteiger partial charge in [-0.3, -0.25) is 4.79 Å². The van der Waals surface area contributed by atoms with Crippen LogP contribution in [0.25, 0.3) is 0 Å². The van der Waals surface area contributed by atoms with E-state index in [9.17, 15) is 4.79 Å². The Hall–Kier alpha value is -1.68. The van der Waals surface area contributed by atoms with Crippen LogP contribution in [-0.2, 0) is 6.42 Å². The first kappa shape index (κ1) is 13.0. The molecule has 2 aliphatic rings. The molecule has 1 aromatic carbocycles. The van der Waals surface area contributed by atoms with E-state index >= 15 is 0 Å². The summed E-state index contributed by atoms with van der Waals surface area (Å²) in [7, 11) is 0. The zero-order chi connectivity index (χ0) is 14.2. The lowest BCUT2D eigenvalue weighted by atomic mass is 10.1. The Morgan fingerprint density at radius 3 is 2.86 bits per heavy atom. The van der Waals surface area contributed by atoms with Crippen molar-refractivity contribution in [2.24, 2.45) is 5.92 Å². The van der Waals surface area contributed by atoms with E-state index in [-0.39, 0.29) is 5.78 Å². The Bertz CT molecular complexity index is 652. The molecule has 1 saturated carbocycles. The minimum atomic E-state index is 0.149. The van der Waals surface area contributed by atoms with Crippen molar-refractivity contribution in [2.45, 2.75) is 31.7 Å². The largest absolute Gasteiger partial charge is 0.345 e. The molecule has 2 aromatic rings. The Morgan fingerprint density at radius 2 is 2.14 bits per heavy atom. The van der Waals surface area contributed by atoms with Crippen molar-refractivity contribution < 1.29 is 4.79 Å². The van der Waals surface area contributed by atoms with Gasteiger partial charge in [0.25, 0.3) is 0 Å². The summed E-state index contributed by atoms with van der Waals surface area (Å²) in [6.45, 7) is 1.16. The van der Waals surface area contributed by atoms with Gasteiger partial charge in [-0.05, 0) is 25.2 Å². The summed E-state index contributed by atoms with van der Waals surface area (Å²) < 4.78 is 0. The minimum absolute atomic E-state index is 0.149. The quantitative estimate of drug-likeness (QED) is 0.809. The van der Waals surface area contributed by atoms with Crippen LogP contribution in [0, 0.1) is 5.92 Å². The molecular weight excluding hydrogens is 280 g/mol. The molecule has 2 atom stereocenters. The van der Waals surface area contributed by atoms with E-state index in [0.29, 0.717) is 12.5 Å². The number of ketones is 1. The molecular formula is C17H18N2OS. The number of carbonyl (C=O) groups excluding carboxylic acids is 1. The van der Waals surface area contributed by atoms with E-state index in [0.717, 1.165) is 28.9 Å². The van der Waals surface area contributed by atoms with E-state index in [1.54, 1.807) is 11.3 Å². The second-order valence-electron chi connectivity index (χ2n) is 6.07. The number of carbonyl (C=O) groups is 1. The summed E-state index contributed by atoms with van der Waals surface area (Å²) in [6.07, 6.45) is 4.43. The number of rotatable bonds is 4. The molecule has 1 aromatic heterocycles. The topological polar surface area (TPSA) is 33.2 Å². The van der Waals surface area contributed by atoms with Crippen molar-refractivity contribution >= 4 is 22.3 Å². The molecule has 1 aliphatic carbocycles. The molecule has 0 amide bonds. The fourth-order valence-electron chi connectivity index (χ4n) is 3.56. The number of Topliss-reactive ketones (excluding diaryl/α,β-unsaturated/α-hetero) is 1. The molecule has 2 heterocycles. The van der Waals surface area contributed by atoms with E-state index in [1.807, 2.05) is 35.7 Å². The summed E-state index contributed by atoms with van der Waals surface area (Å²) in [5.41, 5.74) is 1.68. The molecule has 1 saturated heterocycles. The minimum Gasteiger partial charge on any atom is -0.345 e. The predicted octanol–water partition coefficient (Wildman–Crippen LogP) is 3.56. The maximum absolute atomic E-state index is 12.2. The number of hydrogen-bond acceptors (Lipinski definition) is 4. The second kappa shape index (κ2) is 5.26. The lowest BCUT2D eigenvalue weighted by molar-refractivity contribution is 0.0992. The van der Waals surface area contributed by atoms with E-state index in [2.05, 4.69) is 4.90 Å². The molecule has 3 nitrogen and oxygen atoms in total. The van der Waals surface area contributed by atoms with Gasteiger partial charge in [0.2, 0.25) is 0 Å². The highest BCUT2D eigenvalue weighted by Gasteiger charge is 2.38. The molecule has 2 fully saturated rings. The Balaban J connectivity index is 1.47. The SMILES string of the molecule is O=C(Cc1csc(N2CC3CCC2C3)n1)c1ccccc1. The molecule has 2 unspecified atom stereocenters. The fraction of sp³-hybridized carbons (Fsp3) is 0.412. The molecule has 2 bridgehead atoms. The van der Waals surface area contributed by atoms with Gasteiger partial charge in [-0.25, -0.2) is 4.98 Å². The average molecular weight is 298 g/mol. The third kappa shape index (κ3) is 2.48. The number of thiazole rings is 1. The van der Waals surface area contributed by atoms with Gasteiger partial charge in [-0.1, -0.05) is 30.3 Å². The van der Waals surface area contributed by atoms with Crippen LogP contribution in [0.5, 0.6) is 0 Å². The second-order valence-corrected chi connectivity index (χ2v) is 6.91. The van der Waals surface area contributed by atoms with Gasteiger partial charge in [0.15, 0.2) is 10.9 Å². The molecule has 21 heavy (non-hydrogen) atoms. The van der Waals surface area contributed by atoms with Crippen LogP contribution in [0.3, 0.4) is 0 Å². The van der Waals surface area contributed by atoms with Crippen LogP contribution in [0.1, 0.15) is 35.3 Å². The Kier molecular flexibility index (Phi) is 3.26. The summed E-state index contributed by atoms with van der Waals surface area (Å²) in [5, 5.41) is 3.15. The highest BCUT2D eigenvalue weighted by atomic mass is 32.1. The monoisotopic (exact) mass is 298 g/mol. The van der Waals surface area contributed by atoms with Gasteiger partial charge in [0, 0.05) is 23.5 Å². The van der Waals surface area contributed by atoms with Gasteiger partial charge in [0.05, 0.1) is 12.1 Å². The molecule has 0 radical (unpaired) electrons. The molecule has 108 valence electrons. The number of nitrogens with zero attached hydrogens (tertiary/aromatic N) is 2. The van der Waals surface area contributed by atoms with Crippen molar-refractivity contribution in [3.8, 4) is 0 Å². The van der Waals surface area contributed by atoms with Crippen molar-refractivity contribution in [1.29, 1.82) is 0 Å². The van der Waals surface area contributed by atoms with E-state index in [4.69, 9.17) is 4.98 Å². The molecule has 0 N–H and O–H groups in total. The smallest absolute Gasteiger partial charge is 0.185 e. The summed E-state index contributed by atoms with van der Waals surface area (Å²) in [6, 6.07) is 10.2. The van der Waals surface area contributed by atoms with Crippen molar-refractivity contribution in [1.82, 2.24) is 4.98 Å². The summed E-state index contributed by atoms with van der Waals surface area (Å²) >= 11 is 1.69. The first-order valence-corrected chi connectivity index (χ1v) is 8.47. The summed E-state index contributed by atoms with van der Waals surface area (Å²) in [4.78, 5) is 19.4. The zero-order valence-electron chi connectivity index (χ0n) is 11.9. The third-order valence-corrected chi connectivity index (χ3v) is 5.56. The summed E-state index contributed by atoms with van der Waals surface area (Å²) in [5.74, 6) is 1.02. The van der Waals surface area contributed by atoms with Gasteiger partial charge >= 0.3 is 0 Å². The van der Waals surface area contributed by atoms with Gasteiger partial charge in [0.1, 0.15) is 0 Å². The molecule has 0 spiro atoms. The standard InChI is InChI=1S/C17H18N2OS/c20-16(13-4-2-1-3-5-13)9-14-11-21-17(18-14)19-10-12-6-7-15(19)8-12/h1-5,11-12,15H,6-10H2. The van der Waals surface area contributed by atoms with Crippen molar-refractivity contribution in [3.05, 3.63) is 47.0 Å². The first-order chi connectivity index (χ1) is 10.3. The molecule has 4 heteroatoms. The Morgan fingerprint density at radius 1 is 1.29 bits per heavy atom. The fourth-order valence-corrected chi connectivity index (χ4v) is 4.47. The normalized spacial score (nSPS) is 23.7. The predicted molar refractivity (Wildman–Crippen MR) is 85.1 cm³/mol. The number of benzene rings is 1. The average Bonchev–Trinajstić information content (AvgIpc) is 3.24. The van der Waals surface area contributed by atoms with Crippen LogP contribution < -0.4 is 4.90 Å². The van der Waals surface area contributed by atoms with Gasteiger partial charge < -0.3 is 4.90 Å². The van der Waals surface area contributed by atoms with Crippen molar-refractivity contribution in [2.75, 3.05) is 11.4 Å². The highest BCUT2D eigenvalue weighted by molar-refractivity contribution is 7.13. The highest BCUT2D eigenvalue weighted by Crippen LogP contribution is 2.41. The zero-order valence-corrected chi connectivity index (χ0v) is 12.7. The van der Waals surface area contributed by atoms with Crippen LogP contribution in [-0.4, -0.2) is 23.4 Å². The molecule has 1 aliphatic heterocycles. The maximum Gasteiger partial charge on any atom is 0.185 e. The van der Waals surface area contributed by atoms with Crippen LogP contribution in [0.2, 0.25) is 0 Å². The number of anilines is 1. The Labute approximate surface area is 128 Å². The van der Waals surface area contributed by atoms with Crippen molar-refractivity contribution in [3.63, 3.8) is 0 Å². The van der Waals surface area contributed by atoms with Crippen LogP contribution >= 0.6 is 11.3 Å².